The van der Waals surface area contributed by atoms with Crippen molar-refractivity contribution in [3.63, 3.8) is 0 Å². The average molecular weight is 390 g/mol. The number of nitrogens with zero attached hydrogens (tertiary/aromatic N) is 1. The minimum absolute atomic E-state index is 0.0947. The fourth-order valence-corrected chi connectivity index (χ4v) is 3.39. The van der Waals surface area contributed by atoms with E-state index in [1.807, 2.05) is 55.5 Å². The van der Waals surface area contributed by atoms with E-state index in [9.17, 15) is 10.1 Å². The van der Waals surface area contributed by atoms with E-state index in [1.165, 1.54) is 0 Å². The minimum Gasteiger partial charge on any atom is -0.490 e. The zero-order valence-corrected chi connectivity index (χ0v) is 16.7. The number of hydrogen-bond acceptors (Lipinski definition) is 4. The topological polar surface area (TPSA) is 71.3 Å². The lowest BCUT2D eigenvalue weighted by Gasteiger charge is -2.13. The molecule has 1 saturated carbocycles. The zero-order valence-electron chi connectivity index (χ0n) is 16.7. The normalized spacial score (nSPS) is 14.3. The number of amides is 1. The third kappa shape index (κ3) is 5.86. The number of benzene rings is 2. The molecule has 5 nitrogen and oxygen atoms in total. The summed E-state index contributed by atoms with van der Waals surface area (Å²) in [5.41, 5.74) is 1.88. The first-order valence-corrected chi connectivity index (χ1v) is 10.1. The summed E-state index contributed by atoms with van der Waals surface area (Å²) in [5, 5.41) is 12.4. The second-order valence-corrected chi connectivity index (χ2v) is 7.04. The number of ether oxygens (including phenoxy) is 2. The summed E-state index contributed by atoms with van der Waals surface area (Å²) in [6.07, 6.45) is 5.80. The van der Waals surface area contributed by atoms with Gasteiger partial charge in [0.25, 0.3) is 5.91 Å². The summed E-state index contributed by atoms with van der Waals surface area (Å²) in [6.45, 7) is 2.82. The predicted octanol–water partition coefficient (Wildman–Crippen LogP) is 4.63. The molecule has 0 aromatic heterocycles. The third-order valence-corrected chi connectivity index (χ3v) is 4.87. The summed E-state index contributed by atoms with van der Waals surface area (Å²) < 4.78 is 11.6. The quantitative estimate of drug-likeness (QED) is 0.527. The van der Waals surface area contributed by atoms with Crippen LogP contribution in [0.5, 0.6) is 11.5 Å². The standard InChI is InChI=1S/C24H26N2O3/c1-2-28-23-15-19(12-13-22(23)29-17-18-8-4-3-5-9-18)14-20(16-25)24(27)26-21-10-6-7-11-21/h3-5,8-9,12-15,21H,2,6-7,10-11,17H2,1H3,(H,26,27)/b20-14-. The van der Waals surface area contributed by atoms with Gasteiger partial charge in [-0.15, -0.1) is 0 Å². The lowest BCUT2D eigenvalue weighted by molar-refractivity contribution is -0.117. The van der Waals surface area contributed by atoms with E-state index in [0.29, 0.717) is 24.7 Å². The van der Waals surface area contributed by atoms with Crippen molar-refractivity contribution in [2.45, 2.75) is 45.3 Å². The van der Waals surface area contributed by atoms with Crippen LogP contribution in [0.1, 0.15) is 43.7 Å². The molecule has 0 radical (unpaired) electrons. The van der Waals surface area contributed by atoms with Crippen LogP contribution in [0, 0.1) is 11.3 Å². The Kier molecular flexibility index (Phi) is 7.29. The molecule has 1 aliphatic rings. The Morgan fingerprint density at radius 1 is 1.14 bits per heavy atom. The predicted molar refractivity (Wildman–Crippen MR) is 112 cm³/mol. The van der Waals surface area contributed by atoms with Crippen LogP contribution in [-0.4, -0.2) is 18.6 Å². The summed E-state index contributed by atoms with van der Waals surface area (Å²) in [4.78, 5) is 12.4. The first-order chi connectivity index (χ1) is 14.2. The van der Waals surface area contributed by atoms with Gasteiger partial charge < -0.3 is 14.8 Å². The maximum atomic E-state index is 12.4. The number of hydrogen-bond donors (Lipinski definition) is 1. The Morgan fingerprint density at radius 3 is 2.59 bits per heavy atom. The van der Waals surface area contributed by atoms with Crippen molar-refractivity contribution >= 4 is 12.0 Å². The number of rotatable bonds is 8. The molecule has 1 N–H and O–H groups in total. The van der Waals surface area contributed by atoms with Gasteiger partial charge in [-0.1, -0.05) is 49.2 Å². The smallest absolute Gasteiger partial charge is 0.262 e. The molecule has 3 rings (SSSR count). The van der Waals surface area contributed by atoms with E-state index < -0.39 is 0 Å². The summed E-state index contributed by atoms with van der Waals surface area (Å²) in [7, 11) is 0. The van der Waals surface area contributed by atoms with Crippen LogP contribution in [-0.2, 0) is 11.4 Å². The Balaban J connectivity index is 1.74. The van der Waals surface area contributed by atoms with E-state index in [-0.39, 0.29) is 17.5 Å². The van der Waals surface area contributed by atoms with E-state index in [1.54, 1.807) is 12.1 Å². The van der Waals surface area contributed by atoms with E-state index in [0.717, 1.165) is 36.8 Å². The van der Waals surface area contributed by atoms with Crippen molar-refractivity contribution in [2.24, 2.45) is 0 Å². The van der Waals surface area contributed by atoms with Crippen LogP contribution in [0.4, 0.5) is 0 Å². The molecule has 0 bridgehead atoms. The minimum atomic E-state index is -0.318. The van der Waals surface area contributed by atoms with E-state index in [2.05, 4.69) is 5.32 Å². The Labute approximate surface area is 172 Å². The molecule has 1 amide bonds. The number of nitriles is 1. The molecule has 0 spiro atoms. The lowest BCUT2D eigenvalue weighted by atomic mass is 10.1. The Morgan fingerprint density at radius 2 is 1.90 bits per heavy atom. The molecule has 0 aliphatic heterocycles. The van der Waals surface area contributed by atoms with Gasteiger partial charge in [0.05, 0.1) is 6.61 Å². The van der Waals surface area contributed by atoms with Gasteiger partial charge in [-0.2, -0.15) is 5.26 Å². The molecule has 0 atom stereocenters. The SMILES string of the molecule is CCOc1cc(/C=C(/C#N)C(=O)NC2CCCC2)ccc1OCc1ccccc1. The van der Waals surface area contributed by atoms with Crippen molar-refractivity contribution < 1.29 is 14.3 Å². The van der Waals surface area contributed by atoms with Crippen LogP contribution in [0.3, 0.4) is 0 Å². The molecule has 0 heterocycles. The molecule has 150 valence electrons. The molecule has 2 aromatic rings. The second-order valence-electron chi connectivity index (χ2n) is 7.04. The molecule has 0 saturated heterocycles. The van der Waals surface area contributed by atoms with Crippen LogP contribution >= 0.6 is 0 Å². The first kappa shape index (κ1) is 20.5. The van der Waals surface area contributed by atoms with Crippen LogP contribution in [0.15, 0.2) is 54.1 Å². The molecule has 1 fully saturated rings. The van der Waals surface area contributed by atoms with E-state index >= 15 is 0 Å². The highest BCUT2D eigenvalue weighted by Crippen LogP contribution is 2.30. The Hall–Kier alpha value is -3.26. The molecule has 1 aliphatic carbocycles. The summed E-state index contributed by atoms with van der Waals surface area (Å²) >= 11 is 0. The van der Waals surface area contributed by atoms with Crippen molar-refractivity contribution in [1.29, 1.82) is 5.26 Å². The maximum Gasteiger partial charge on any atom is 0.262 e. The fraction of sp³-hybridized carbons (Fsp3) is 0.333. The van der Waals surface area contributed by atoms with Gasteiger partial charge in [0, 0.05) is 6.04 Å². The molecular formula is C24H26N2O3. The summed E-state index contributed by atoms with van der Waals surface area (Å²) in [6, 6.07) is 17.5. The van der Waals surface area contributed by atoms with Gasteiger partial charge >= 0.3 is 0 Å². The molecular weight excluding hydrogens is 364 g/mol. The maximum absolute atomic E-state index is 12.4. The van der Waals surface area contributed by atoms with Gasteiger partial charge in [0.15, 0.2) is 11.5 Å². The molecule has 29 heavy (non-hydrogen) atoms. The van der Waals surface area contributed by atoms with Gasteiger partial charge in [-0.05, 0) is 49.1 Å². The number of carbonyl (C=O) groups excluding carboxylic acids is 1. The van der Waals surface area contributed by atoms with Gasteiger partial charge in [-0.25, -0.2) is 0 Å². The fourth-order valence-electron chi connectivity index (χ4n) is 3.39. The zero-order chi connectivity index (χ0) is 20.5. The first-order valence-electron chi connectivity index (χ1n) is 10.1. The monoisotopic (exact) mass is 390 g/mol. The highest BCUT2D eigenvalue weighted by Gasteiger charge is 2.19. The van der Waals surface area contributed by atoms with Gasteiger partial charge in [-0.3, -0.25) is 4.79 Å². The van der Waals surface area contributed by atoms with E-state index in [4.69, 9.17) is 9.47 Å². The second kappa shape index (κ2) is 10.3. The van der Waals surface area contributed by atoms with Gasteiger partial charge in [0.2, 0.25) is 0 Å². The highest BCUT2D eigenvalue weighted by molar-refractivity contribution is 6.01. The van der Waals surface area contributed by atoms with Gasteiger partial charge in [0.1, 0.15) is 18.2 Å². The van der Waals surface area contributed by atoms with Crippen LogP contribution in [0.25, 0.3) is 6.08 Å². The van der Waals surface area contributed by atoms with Crippen molar-refractivity contribution in [3.05, 3.63) is 65.2 Å². The van der Waals surface area contributed by atoms with Crippen LogP contribution in [0.2, 0.25) is 0 Å². The average Bonchev–Trinajstić information content (AvgIpc) is 3.25. The molecule has 2 aromatic carbocycles. The highest BCUT2D eigenvalue weighted by atomic mass is 16.5. The molecule has 0 unspecified atom stereocenters. The van der Waals surface area contributed by atoms with Crippen molar-refractivity contribution in [3.8, 4) is 17.6 Å². The van der Waals surface area contributed by atoms with Crippen LogP contribution < -0.4 is 14.8 Å². The Bertz CT molecular complexity index is 894. The number of carbonyl (C=O) groups is 1. The van der Waals surface area contributed by atoms with Crippen molar-refractivity contribution in [1.82, 2.24) is 5.32 Å². The summed E-state index contributed by atoms with van der Waals surface area (Å²) in [5.74, 6) is 0.897. The van der Waals surface area contributed by atoms with Crippen molar-refractivity contribution in [2.75, 3.05) is 6.61 Å². The number of nitrogens with one attached hydrogen (secondary N) is 1. The largest absolute Gasteiger partial charge is 0.490 e. The third-order valence-electron chi connectivity index (χ3n) is 4.87. The molecule has 5 heteroatoms. The lowest BCUT2D eigenvalue weighted by Crippen LogP contribution is -2.33.